The van der Waals surface area contributed by atoms with Crippen LogP contribution in [0.5, 0.6) is 0 Å². The third-order valence-corrected chi connectivity index (χ3v) is 7.16. The summed E-state index contributed by atoms with van der Waals surface area (Å²) < 4.78 is 0. The van der Waals surface area contributed by atoms with Crippen molar-refractivity contribution in [2.45, 2.75) is 19.9 Å². The Hall–Kier alpha value is -2.93. The number of hydrogen-bond acceptors (Lipinski definition) is 5. The average molecular weight is 493 g/mol. The predicted octanol–water partition coefficient (Wildman–Crippen LogP) is 5.70. The van der Waals surface area contributed by atoms with E-state index in [0.29, 0.717) is 10.0 Å². The lowest BCUT2D eigenvalue weighted by Gasteiger charge is -2.40. The SMILES string of the molecule is Cc1n[nH]c(C)c1C(c1ccccc1)N1CCN(c2nccnc2-c2ccc(Cl)c(Cl)c2)CC1. The number of nitrogens with zero attached hydrogens (tertiary/aromatic N) is 5. The predicted molar refractivity (Wildman–Crippen MR) is 138 cm³/mol. The summed E-state index contributed by atoms with van der Waals surface area (Å²) in [5.74, 6) is 0.868. The normalized spacial score (nSPS) is 15.5. The molecule has 0 bridgehead atoms. The van der Waals surface area contributed by atoms with Gasteiger partial charge in [-0.15, -0.1) is 0 Å². The molecule has 5 rings (SSSR count). The summed E-state index contributed by atoms with van der Waals surface area (Å²) in [5.41, 5.74) is 6.42. The van der Waals surface area contributed by atoms with E-state index in [-0.39, 0.29) is 6.04 Å². The summed E-state index contributed by atoms with van der Waals surface area (Å²) in [6.07, 6.45) is 3.46. The Balaban J connectivity index is 1.42. The van der Waals surface area contributed by atoms with E-state index in [9.17, 15) is 0 Å². The molecule has 8 heteroatoms. The molecular formula is C26H26Cl2N6. The lowest BCUT2D eigenvalue weighted by atomic mass is 9.95. The fourth-order valence-electron chi connectivity index (χ4n) is 4.76. The van der Waals surface area contributed by atoms with Gasteiger partial charge in [0, 0.05) is 55.4 Å². The van der Waals surface area contributed by atoms with Gasteiger partial charge >= 0.3 is 0 Å². The van der Waals surface area contributed by atoms with E-state index in [1.54, 1.807) is 18.5 Å². The molecule has 34 heavy (non-hydrogen) atoms. The number of benzene rings is 2. The lowest BCUT2D eigenvalue weighted by molar-refractivity contribution is 0.211. The first-order chi connectivity index (χ1) is 16.5. The van der Waals surface area contributed by atoms with Crippen LogP contribution < -0.4 is 4.90 Å². The number of H-pyrrole nitrogens is 1. The zero-order valence-corrected chi connectivity index (χ0v) is 20.7. The number of hydrogen-bond donors (Lipinski definition) is 1. The van der Waals surface area contributed by atoms with Gasteiger partial charge < -0.3 is 4.90 Å². The van der Waals surface area contributed by atoms with Crippen molar-refractivity contribution >= 4 is 29.0 Å². The van der Waals surface area contributed by atoms with Crippen molar-refractivity contribution in [1.29, 1.82) is 0 Å². The molecule has 6 nitrogen and oxygen atoms in total. The van der Waals surface area contributed by atoms with Crippen LogP contribution in [0.1, 0.15) is 28.6 Å². The molecule has 4 aromatic rings. The largest absolute Gasteiger partial charge is 0.352 e. The van der Waals surface area contributed by atoms with Crippen LogP contribution in [0.4, 0.5) is 5.82 Å². The Labute approximate surface area is 209 Å². The van der Waals surface area contributed by atoms with Crippen molar-refractivity contribution in [3.05, 3.63) is 93.5 Å². The Morgan fingerprint density at radius 3 is 2.29 bits per heavy atom. The Morgan fingerprint density at radius 1 is 0.882 bits per heavy atom. The third-order valence-electron chi connectivity index (χ3n) is 6.42. The van der Waals surface area contributed by atoms with Gasteiger partial charge in [0.15, 0.2) is 5.82 Å². The molecule has 1 fully saturated rings. The zero-order valence-electron chi connectivity index (χ0n) is 19.2. The molecule has 0 amide bonds. The first-order valence-electron chi connectivity index (χ1n) is 11.3. The van der Waals surface area contributed by atoms with Crippen molar-refractivity contribution < 1.29 is 0 Å². The summed E-state index contributed by atoms with van der Waals surface area (Å²) in [7, 11) is 0. The van der Waals surface area contributed by atoms with Gasteiger partial charge in [0.1, 0.15) is 5.69 Å². The first kappa shape index (κ1) is 22.8. The van der Waals surface area contributed by atoms with Gasteiger partial charge in [0.05, 0.1) is 21.8 Å². The van der Waals surface area contributed by atoms with Crippen LogP contribution in [0.25, 0.3) is 11.3 Å². The van der Waals surface area contributed by atoms with Crippen molar-refractivity contribution in [1.82, 2.24) is 25.1 Å². The minimum atomic E-state index is 0.151. The maximum absolute atomic E-state index is 6.28. The molecule has 174 valence electrons. The molecule has 0 saturated carbocycles. The van der Waals surface area contributed by atoms with Gasteiger partial charge in [-0.2, -0.15) is 5.10 Å². The fourth-order valence-corrected chi connectivity index (χ4v) is 5.06. The zero-order chi connectivity index (χ0) is 23.7. The van der Waals surface area contributed by atoms with Crippen molar-refractivity contribution in [3.8, 4) is 11.3 Å². The highest BCUT2D eigenvalue weighted by Crippen LogP contribution is 2.35. The van der Waals surface area contributed by atoms with Crippen molar-refractivity contribution in [3.63, 3.8) is 0 Å². The van der Waals surface area contributed by atoms with E-state index < -0.39 is 0 Å². The van der Waals surface area contributed by atoms with Crippen LogP contribution in [0.2, 0.25) is 10.0 Å². The van der Waals surface area contributed by atoms with Gasteiger partial charge in [0.2, 0.25) is 0 Å². The molecule has 1 atom stereocenters. The number of halogens is 2. The Kier molecular flexibility index (Phi) is 6.55. The second kappa shape index (κ2) is 9.74. The first-order valence-corrected chi connectivity index (χ1v) is 12.1. The number of rotatable bonds is 5. The van der Waals surface area contributed by atoms with Gasteiger partial charge in [-0.25, -0.2) is 4.98 Å². The topological polar surface area (TPSA) is 60.9 Å². The average Bonchev–Trinajstić information content (AvgIpc) is 3.20. The van der Waals surface area contributed by atoms with Gasteiger partial charge in [0.25, 0.3) is 0 Å². The van der Waals surface area contributed by atoms with Crippen molar-refractivity contribution in [2.75, 3.05) is 31.1 Å². The van der Waals surface area contributed by atoms with Crippen LogP contribution >= 0.6 is 23.2 Å². The highest BCUT2D eigenvalue weighted by Gasteiger charge is 2.30. The molecule has 0 aliphatic carbocycles. The van der Waals surface area contributed by atoms with Gasteiger partial charge in [-0.3, -0.25) is 15.0 Å². The second-order valence-electron chi connectivity index (χ2n) is 8.54. The number of piperazine rings is 1. The molecular weight excluding hydrogens is 467 g/mol. The highest BCUT2D eigenvalue weighted by atomic mass is 35.5. The minimum absolute atomic E-state index is 0.151. The standard InChI is InChI=1S/C26H26Cl2N6/c1-17-23(18(2)32-31-17)25(19-6-4-3-5-7-19)33-12-14-34(15-13-33)26-24(29-10-11-30-26)20-8-9-21(27)22(28)16-20/h3-11,16,25H,12-15H2,1-2H3,(H,31,32). The van der Waals surface area contributed by atoms with Crippen LogP contribution in [0.15, 0.2) is 60.9 Å². The molecule has 1 N–H and O–H groups in total. The van der Waals surface area contributed by atoms with Crippen LogP contribution in [0.3, 0.4) is 0 Å². The molecule has 1 aliphatic rings. The van der Waals surface area contributed by atoms with E-state index in [1.165, 1.54) is 11.1 Å². The monoisotopic (exact) mass is 492 g/mol. The number of anilines is 1. The smallest absolute Gasteiger partial charge is 0.155 e. The molecule has 1 saturated heterocycles. The minimum Gasteiger partial charge on any atom is -0.352 e. The summed E-state index contributed by atoms with van der Waals surface area (Å²) in [6.45, 7) is 7.64. The van der Waals surface area contributed by atoms with E-state index in [2.05, 4.69) is 69.2 Å². The quantitative estimate of drug-likeness (QED) is 0.387. The number of aromatic amines is 1. The van der Waals surface area contributed by atoms with E-state index in [1.807, 2.05) is 12.1 Å². The molecule has 3 heterocycles. The number of aryl methyl sites for hydroxylation is 2. The van der Waals surface area contributed by atoms with Crippen LogP contribution in [-0.4, -0.2) is 51.2 Å². The number of nitrogens with one attached hydrogen (secondary N) is 1. The summed E-state index contributed by atoms with van der Waals surface area (Å²) >= 11 is 12.4. The van der Waals surface area contributed by atoms with E-state index in [4.69, 9.17) is 28.2 Å². The summed E-state index contributed by atoms with van der Waals surface area (Å²) in [5, 5.41) is 8.69. The van der Waals surface area contributed by atoms with Crippen LogP contribution in [-0.2, 0) is 0 Å². The maximum Gasteiger partial charge on any atom is 0.155 e. The number of aromatic nitrogens is 4. The Bertz CT molecular complexity index is 1260. The third kappa shape index (κ3) is 4.41. The van der Waals surface area contributed by atoms with E-state index in [0.717, 1.165) is 54.6 Å². The molecule has 0 radical (unpaired) electrons. The van der Waals surface area contributed by atoms with Crippen LogP contribution in [0, 0.1) is 13.8 Å². The molecule has 2 aromatic carbocycles. The second-order valence-corrected chi connectivity index (χ2v) is 9.36. The fraction of sp³-hybridized carbons (Fsp3) is 0.269. The van der Waals surface area contributed by atoms with Gasteiger partial charge in [-0.1, -0.05) is 59.6 Å². The summed E-state index contributed by atoms with van der Waals surface area (Å²) in [4.78, 5) is 14.2. The molecule has 1 aliphatic heterocycles. The highest BCUT2D eigenvalue weighted by molar-refractivity contribution is 6.42. The van der Waals surface area contributed by atoms with Crippen molar-refractivity contribution in [2.24, 2.45) is 0 Å². The van der Waals surface area contributed by atoms with Gasteiger partial charge in [-0.05, 0) is 31.5 Å². The Morgan fingerprint density at radius 2 is 1.62 bits per heavy atom. The molecule has 0 spiro atoms. The van der Waals surface area contributed by atoms with E-state index >= 15 is 0 Å². The maximum atomic E-state index is 6.28. The molecule has 2 aromatic heterocycles. The summed E-state index contributed by atoms with van der Waals surface area (Å²) in [6, 6.07) is 16.4. The molecule has 1 unspecified atom stereocenters. The lowest BCUT2D eigenvalue weighted by Crippen LogP contribution is -2.48.